The Bertz CT molecular complexity index is 307. The zero-order chi connectivity index (χ0) is 7.68. The summed E-state index contributed by atoms with van der Waals surface area (Å²) in [5, 5.41) is 3.02. The fraction of sp³-hybridized carbons (Fsp3) is 0. The summed E-state index contributed by atoms with van der Waals surface area (Å²) < 4.78 is 5.18. The number of fused-ring (bicyclic) bond motifs is 1. The van der Waals surface area contributed by atoms with Crippen molar-refractivity contribution in [3.8, 4) is 5.75 Å². The van der Waals surface area contributed by atoms with E-state index < -0.39 is 0 Å². The summed E-state index contributed by atoms with van der Waals surface area (Å²) in [6, 6.07) is 5.47. The predicted molar refractivity (Wildman–Crippen MR) is 44.2 cm³/mol. The molecule has 1 aliphatic heterocycles. The number of ether oxygens (including phenoxy) is 1. The molecule has 3 nitrogen and oxygen atoms in total. The number of nitrogens with one attached hydrogen (secondary N) is 1. The number of nitrogens with two attached hydrogens (primary N) is 1. The minimum Gasteiger partial charge on any atom is -0.461 e. The maximum atomic E-state index is 5.56. The van der Waals surface area contributed by atoms with Crippen LogP contribution in [0.4, 0.5) is 11.4 Å². The molecule has 0 radical (unpaired) electrons. The molecule has 1 heterocycles. The van der Waals surface area contributed by atoms with Gasteiger partial charge in [-0.2, -0.15) is 0 Å². The third-order valence-electron chi connectivity index (χ3n) is 1.51. The lowest BCUT2D eigenvalue weighted by Crippen LogP contribution is -1.99. The van der Waals surface area contributed by atoms with Crippen LogP contribution in [0, 0.1) is 0 Å². The molecule has 11 heavy (non-hydrogen) atoms. The Labute approximate surface area is 64.5 Å². The summed E-state index contributed by atoms with van der Waals surface area (Å²) in [4.78, 5) is 0. The molecule has 0 unspecified atom stereocenters. The summed E-state index contributed by atoms with van der Waals surface area (Å²) in [5.41, 5.74) is 7.20. The SMILES string of the molecule is Nc1ccc2c(c1)NC=CO2. The fourth-order valence-corrected chi connectivity index (χ4v) is 0.994. The minimum atomic E-state index is 0.732. The number of hydrogen-bond acceptors (Lipinski definition) is 3. The van der Waals surface area contributed by atoms with Gasteiger partial charge in [0.25, 0.3) is 0 Å². The Morgan fingerprint density at radius 2 is 2.27 bits per heavy atom. The van der Waals surface area contributed by atoms with E-state index in [1.165, 1.54) is 0 Å². The molecular formula is C8H8N2O. The third-order valence-corrected chi connectivity index (χ3v) is 1.51. The fourth-order valence-electron chi connectivity index (χ4n) is 0.994. The van der Waals surface area contributed by atoms with Crippen molar-refractivity contribution in [1.82, 2.24) is 0 Å². The van der Waals surface area contributed by atoms with Gasteiger partial charge >= 0.3 is 0 Å². The van der Waals surface area contributed by atoms with E-state index >= 15 is 0 Å². The number of rotatable bonds is 0. The maximum absolute atomic E-state index is 5.56. The molecule has 0 atom stereocenters. The first kappa shape index (κ1) is 6.09. The quantitative estimate of drug-likeness (QED) is 0.548. The summed E-state index contributed by atoms with van der Waals surface area (Å²) in [7, 11) is 0. The molecule has 0 saturated carbocycles. The molecule has 0 bridgehead atoms. The molecule has 1 aliphatic rings. The average Bonchev–Trinajstić information content (AvgIpc) is 2.04. The van der Waals surface area contributed by atoms with E-state index in [0.29, 0.717) is 0 Å². The Morgan fingerprint density at radius 1 is 1.36 bits per heavy atom. The molecule has 0 fully saturated rings. The van der Waals surface area contributed by atoms with E-state index in [1.807, 2.05) is 12.1 Å². The van der Waals surface area contributed by atoms with Gasteiger partial charge in [-0.3, -0.25) is 0 Å². The van der Waals surface area contributed by atoms with Crippen LogP contribution in [-0.2, 0) is 0 Å². The van der Waals surface area contributed by atoms with Gasteiger partial charge in [-0.1, -0.05) is 0 Å². The second kappa shape index (κ2) is 2.20. The lowest BCUT2D eigenvalue weighted by Gasteiger charge is -2.12. The molecule has 0 saturated heterocycles. The first-order valence-electron chi connectivity index (χ1n) is 3.34. The standard InChI is InChI=1S/C8H8N2O/c9-6-1-2-8-7(5-6)10-3-4-11-8/h1-5,10H,9H2. The number of hydrogen-bond donors (Lipinski definition) is 2. The smallest absolute Gasteiger partial charge is 0.150 e. The van der Waals surface area contributed by atoms with E-state index in [-0.39, 0.29) is 0 Å². The van der Waals surface area contributed by atoms with Gasteiger partial charge in [-0.25, -0.2) is 0 Å². The Kier molecular flexibility index (Phi) is 1.22. The highest BCUT2D eigenvalue weighted by Gasteiger charge is 2.04. The van der Waals surface area contributed by atoms with Gasteiger partial charge in [0, 0.05) is 11.9 Å². The second-order valence-corrected chi connectivity index (χ2v) is 2.32. The van der Waals surface area contributed by atoms with Gasteiger partial charge in [0.15, 0.2) is 0 Å². The molecule has 56 valence electrons. The van der Waals surface area contributed by atoms with Crippen LogP contribution in [0.5, 0.6) is 5.75 Å². The van der Waals surface area contributed by atoms with Crippen LogP contribution in [-0.4, -0.2) is 0 Å². The zero-order valence-corrected chi connectivity index (χ0v) is 5.87. The van der Waals surface area contributed by atoms with Gasteiger partial charge in [-0.15, -0.1) is 0 Å². The predicted octanol–water partition coefficient (Wildman–Crippen LogP) is 1.54. The molecule has 1 aromatic rings. The lowest BCUT2D eigenvalue weighted by molar-refractivity contribution is 0.477. The Hall–Kier alpha value is -1.64. The minimum absolute atomic E-state index is 0.732. The first-order chi connectivity index (χ1) is 5.36. The average molecular weight is 148 g/mol. The van der Waals surface area contributed by atoms with Crippen LogP contribution in [0.3, 0.4) is 0 Å². The molecule has 0 spiro atoms. The summed E-state index contributed by atoms with van der Waals surface area (Å²) in [5.74, 6) is 0.807. The van der Waals surface area contributed by atoms with Crippen LogP contribution < -0.4 is 15.8 Å². The van der Waals surface area contributed by atoms with E-state index in [0.717, 1.165) is 17.1 Å². The van der Waals surface area contributed by atoms with Crippen molar-refractivity contribution in [3.05, 3.63) is 30.7 Å². The number of anilines is 2. The number of nitrogen functional groups attached to an aromatic ring is 1. The zero-order valence-electron chi connectivity index (χ0n) is 5.87. The van der Waals surface area contributed by atoms with Crippen molar-refractivity contribution in [2.45, 2.75) is 0 Å². The van der Waals surface area contributed by atoms with Crippen LogP contribution in [0.1, 0.15) is 0 Å². The molecule has 3 heteroatoms. The van der Waals surface area contributed by atoms with Gasteiger partial charge in [0.1, 0.15) is 12.0 Å². The third kappa shape index (κ3) is 1.00. The van der Waals surface area contributed by atoms with Gasteiger partial charge in [0.2, 0.25) is 0 Å². The van der Waals surface area contributed by atoms with Crippen molar-refractivity contribution in [1.29, 1.82) is 0 Å². The molecule has 2 rings (SSSR count). The molecule has 1 aromatic carbocycles. The second-order valence-electron chi connectivity index (χ2n) is 2.32. The summed E-state index contributed by atoms with van der Waals surface area (Å²) >= 11 is 0. The van der Waals surface area contributed by atoms with Crippen molar-refractivity contribution < 1.29 is 4.74 Å². The maximum Gasteiger partial charge on any atom is 0.150 e. The van der Waals surface area contributed by atoms with Crippen LogP contribution >= 0.6 is 0 Å². The topological polar surface area (TPSA) is 47.3 Å². The molecular weight excluding hydrogens is 140 g/mol. The lowest BCUT2D eigenvalue weighted by atomic mass is 10.2. The van der Waals surface area contributed by atoms with E-state index in [2.05, 4.69) is 5.32 Å². The first-order valence-corrected chi connectivity index (χ1v) is 3.34. The Balaban J connectivity index is 2.48. The van der Waals surface area contributed by atoms with E-state index in [4.69, 9.17) is 10.5 Å². The number of benzene rings is 1. The summed E-state index contributed by atoms with van der Waals surface area (Å²) in [6.45, 7) is 0. The van der Waals surface area contributed by atoms with Crippen molar-refractivity contribution in [3.63, 3.8) is 0 Å². The monoisotopic (exact) mass is 148 g/mol. The molecule has 0 amide bonds. The van der Waals surface area contributed by atoms with Gasteiger partial charge in [-0.05, 0) is 18.2 Å². The van der Waals surface area contributed by atoms with Crippen LogP contribution in [0.15, 0.2) is 30.7 Å². The Morgan fingerprint density at radius 3 is 3.18 bits per heavy atom. The summed E-state index contributed by atoms with van der Waals surface area (Å²) in [6.07, 6.45) is 3.32. The van der Waals surface area contributed by atoms with Crippen molar-refractivity contribution >= 4 is 11.4 Å². The van der Waals surface area contributed by atoms with E-state index in [1.54, 1.807) is 18.5 Å². The van der Waals surface area contributed by atoms with Crippen molar-refractivity contribution in [2.24, 2.45) is 0 Å². The van der Waals surface area contributed by atoms with Crippen molar-refractivity contribution in [2.75, 3.05) is 11.1 Å². The van der Waals surface area contributed by atoms with Crippen LogP contribution in [0.2, 0.25) is 0 Å². The molecule has 0 aliphatic carbocycles. The van der Waals surface area contributed by atoms with Gasteiger partial charge in [0.05, 0.1) is 5.69 Å². The highest BCUT2D eigenvalue weighted by molar-refractivity contribution is 5.65. The van der Waals surface area contributed by atoms with E-state index in [9.17, 15) is 0 Å². The van der Waals surface area contributed by atoms with Crippen LogP contribution in [0.25, 0.3) is 0 Å². The highest BCUT2D eigenvalue weighted by Crippen LogP contribution is 2.28. The molecule has 3 N–H and O–H groups in total. The normalized spacial score (nSPS) is 13.1. The molecule has 0 aromatic heterocycles. The van der Waals surface area contributed by atoms with Gasteiger partial charge < -0.3 is 15.8 Å². The largest absolute Gasteiger partial charge is 0.461 e. The highest BCUT2D eigenvalue weighted by atomic mass is 16.5.